The smallest absolute Gasteiger partial charge is 0.254 e. The minimum atomic E-state index is -0.191. The van der Waals surface area contributed by atoms with Crippen LogP contribution in [0.4, 0.5) is 5.00 Å². The molecule has 3 aromatic rings. The third-order valence-electron chi connectivity index (χ3n) is 4.40. The van der Waals surface area contributed by atoms with Crippen molar-refractivity contribution < 1.29 is 14.3 Å². The molecule has 0 unspecified atom stereocenters. The molecule has 1 aromatic carbocycles. The molecule has 29 heavy (non-hydrogen) atoms. The van der Waals surface area contributed by atoms with Gasteiger partial charge in [0.25, 0.3) is 5.91 Å². The maximum atomic E-state index is 12.4. The average Bonchev–Trinajstić information content (AvgIpc) is 3.20. The van der Waals surface area contributed by atoms with E-state index in [2.05, 4.69) is 15.6 Å². The molecule has 0 bridgehead atoms. The zero-order valence-corrected chi connectivity index (χ0v) is 17.6. The number of carbonyl (C=O) groups is 2. The highest BCUT2D eigenvalue weighted by Crippen LogP contribution is 2.26. The van der Waals surface area contributed by atoms with Crippen molar-refractivity contribution >= 4 is 39.5 Å². The number of benzene rings is 1. The number of rotatable bonds is 8. The number of carbonyl (C=O) groups excluding carboxylic acids is 2. The minimum Gasteiger partial charge on any atom is -0.486 e. The van der Waals surface area contributed by atoms with E-state index in [0.717, 1.165) is 23.6 Å². The summed E-state index contributed by atoms with van der Waals surface area (Å²) in [7, 11) is 0. The summed E-state index contributed by atoms with van der Waals surface area (Å²) in [4.78, 5) is 29.1. The molecule has 1 fully saturated rings. The van der Waals surface area contributed by atoms with Crippen molar-refractivity contribution in [2.45, 2.75) is 38.8 Å². The Hall–Kier alpha value is -2.71. The lowest BCUT2D eigenvalue weighted by atomic mass is 10.2. The van der Waals surface area contributed by atoms with Gasteiger partial charge in [0.2, 0.25) is 5.91 Å². The van der Waals surface area contributed by atoms with E-state index in [9.17, 15) is 9.59 Å². The number of aromatic nitrogens is 1. The first-order valence-corrected chi connectivity index (χ1v) is 11.1. The Bertz CT molecular complexity index is 1010. The summed E-state index contributed by atoms with van der Waals surface area (Å²) in [6.07, 6.45) is 2.21. The topological polar surface area (TPSA) is 80.3 Å². The molecule has 2 amide bonds. The van der Waals surface area contributed by atoms with Crippen LogP contribution in [0.15, 0.2) is 41.1 Å². The summed E-state index contributed by atoms with van der Waals surface area (Å²) in [5.41, 5.74) is 2.38. The number of thiophene rings is 1. The Kier molecular flexibility index (Phi) is 5.92. The van der Waals surface area contributed by atoms with Crippen LogP contribution in [0.25, 0.3) is 0 Å². The van der Waals surface area contributed by atoms with E-state index in [1.54, 1.807) is 11.4 Å². The molecule has 1 aliphatic rings. The molecule has 6 nitrogen and oxygen atoms in total. The third-order valence-corrected chi connectivity index (χ3v) is 6.10. The summed E-state index contributed by atoms with van der Waals surface area (Å²) in [5.74, 6) is 0.470. The molecular weight excluding hydrogens is 406 g/mol. The van der Waals surface area contributed by atoms with Gasteiger partial charge in [-0.25, -0.2) is 4.98 Å². The summed E-state index contributed by atoms with van der Waals surface area (Å²) in [6, 6.07) is 9.86. The van der Waals surface area contributed by atoms with Gasteiger partial charge in [-0.2, -0.15) is 0 Å². The van der Waals surface area contributed by atoms with Crippen molar-refractivity contribution in [1.82, 2.24) is 10.3 Å². The lowest BCUT2D eigenvalue weighted by Crippen LogP contribution is -2.26. The lowest BCUT2D eigenvalue weighted by Gasteiger charge is -2.06. The second-order valence-corrected chi connectivity index (χ2v) is 8.83. The largest absolute Gasteiger partial charge is 0.486 e. The Morgan fingerprint density at radius 1 is 1.17 bits per heavy atom. The molecule has 150 valence electrons. The summed E-state index contributed by atoms with van der Waals surface area (Å²) < 4.78 is 5.73. The Balaban J connectivity index is 1.29. The molecule has 0 radical (unpaired) electrons. The predicted octanol–water partition coefficient (Wildman–Crippen LogP) is 4.17. The second kappa shape index (κ2) is 8.75. The molecule has 0 atom stereocenters. The zero-order valence-electron chi connectivity index (χ0n) is 15.9. The van der Waals surface area contributed by atoms with Gasteiger partial charge in [-0.1, -0.05) is 17.7 Å². The Morgan fingerprint density at radius 3 is 2.72 bits per heavy atom. The highest BCUT2D eigenvalue weighted by Gasteiger charge is 2.25. The number of nitrogens with one attached hydrogen (secondary N) is 2. The van der Waals surface area contributed by atoms with Gasteiger partial charge >= 0.3 is 0 Å². The molecule has 4 rings (SSSR count). The predicted molar refractivity (Wildman–Crippen MR) is 115 cm³/mol. The Morgan fingerprint density at radius 2 is 1.97 bits per heavy atom. The van der Waals surface area contributed by atoms with Gasteiger partial charge in [0.15, 0.2) is 0 Å². The van der Waals surface area contributed by atoms with Crippen molar-refractivity contribution in [3.63, 3.8) is 0 Å². The molecular formula is C21H21N3O3S2. The highest BCUT2D eigenvalue weighted by atomic mass is 32.1. The van der Waals surface area contributed by atoms with E-state index in [1.165, 1.54) is 28.2 Å². The normalized spacial score (nSPS) is 13.1. The lowest BCUT2D eigenvalue weighted by molar-refractivity contribution is -0.115. The molecule has 0 saturated heterocycles. The average molecular weight is 428 g/mol. The summed E-state index contributed by atoms with van der Waals surface area (Å²) in [5, 5.41) is 10.8. The molecule has 1 aliphatic carbocycles. The molecule has 8 heteroatoms. The van der Waals surface area contributed by atoms with Crippen LogP contribution in [0.2, 0.25) is 0 Å². The maximum absolute atomic E-state index is 12.4. The van der Waals surface area contributed by atoms with Gasteiger partial charge in [-0.15, -0.1) is 22.7 Å². The first-order valence-electron chi connectivity index (χ1n) is 9.38. The van der Waals surface area contributed by atoms with E-state index < -0.39 is 0 Å². The summed E-state index contributed by atoms with van der Waals surface area (Å²) in [6.45, 7) is 2.40. The van der Waals surface area contributed by atoms with Crippen LogP contribution in [-0.2, 0) is 17.8 Å². The van der Waals surface area contributed by atoms with Crippen LogP contribution >= 0.6 is 22.7 Å². The monoisotopic (exact) mass is 427 g/mol. The first-order chi connectivity index (χ1) is 14.1. The molecule has 0 aliphatic heterocycles. The molecule has 0 spiro atoms. The standard InChI is InChI=1S/C21H21N3O3S2/c1-13-2-6-16(7-3-13)27-11-19-22-15(12-29-19)10-18(25)24-21-17(8-9-28-21)20(26)23-14-4-5-14/h2-3,6-9,12,14H,4-5,10-11H2,1H3,(H,23,26)(H,24,25). The first kappa shape index (κ1) is 19.6. The number of aryl methyl sites for hydroxylation is 1. The maximum Gasteiger partial charge on any atom is 0.254 e. The number of thiazole rings is 1. The van der Waals surface area contributed by atoms with Gasteiger partial charge < -0.3 is 15.4 Å². The van der Waals surface area contributed by atoms with Gasteiger partial charge in [0, 0.05) is 11.4 Å². The summed E-state index contributed by atoms with van der Waals surface area (Å²) >= 11 is 2.81. The van der Waals surface area contributed by atoms with Gasteiger partial charge in [0.05, 0.1) is 17.7 Å². The molecule has 1 saturated carbocycles. The zero-order chi connectivity index (χ0) is 20.2. The number of ether oxygens (including phenoxy) is 1. The SMILES string of the molecule is Cc1ccc(OCc2nc(CC(=O)Nc3sccc3C(=O)NC3CC3)cs2)cc1. The molecule has 2 aromatic heterocycles. The van der Waals surface area contributed by atoms with Crippen LogP contribution in [0.1, 0.15) is 39.5 Å². The number of hydrogen-bond donors (Lipinski definition) is 2. The number of anilines is 1. The van der Waals surface area contributed by atoms with Crippen molar-refractivity contribution in [3.05, 3.63) is 62.9 Å². The van der Waals surface area contributed by atoms with E-state index in [0.29, 0.717) is 22.9 Å². The van der Waals surface area contributed by atoms with Crippen LogP contribution in [0.5, 0.6) is 5.75 Å². The minimum absolute atomic E-state index is 0.131. The van der Waals surface area contributed by atoms with Crippen molar-refractivity contribution in [3.8, 4) is 5.75 Å². The molecule has 2 N–H and O–H groups in total. The highest BCUT2D eigenvalue weighted by molar-refractivity contribution is 7.14. The number of amides is 2. The van der Waals surface area contributed by atoms with Gasteiger partial charge in [0.1, 0.15) is 22.4 Å². The van der Waals surface area contributed by atoms with E-state index >= 15 is 0 Å². The van der Waals surface area contributed by atoms with Gasteiger partial charge in [-0.3, -0.25) is 9.59 Å². The fraction of sp³-hybridized carbons (Fsp3) is 0.286. The third kappa shape index (κ3) is 5.42. The van der Waals surface area contributed by atoms with Crippen molar-refractivity contribution in [1.29, 1.82) is 0 Å². The van der Waals surface area contributed by atoms with Gasteiger partial charge in [-0.05, 0) is 43.3 Å². The van der Waals surface area contributed by atoms with Crippen molar-refractivity contribution in [2.24, 2.45) is 0 Å². The fourth-order valence-corrected chi connectivity index (χ4v) is 4.19. The second-order valence-electron chi connectivity index (χ2n) is 6.97. The van der Waals surface area contributed by atoms with E-state index in [1.807, 2.05) is 36.6 Å². The quantitative estimate of drug-likeness (QED) is 0.566. The van der Waals surface area contributed by atoms with E-state index in [4.69, 9.17) is 4.74 Å². The number of hydrogen-bond acceptors (Lipinski definition) is 6. The van der Waals surface area contributed by atoms with Crippen LogP contribution in [-0.4, -0.2) is 22.8 Å². The van der Waals surface area contributed by atoms with Crippen LogP contribution in [0, 0.1) is 6.92 Å². The fourth-order valence-electron chi connectivity index (χ4n) is 2.69. The molecule has 2 heterocycles. The number of nitrogens with zero attached hydrogens (tertiary/aromatic N) is 1. The van der Waals surface area contributed by atoms with E-state index in [-0.39, 0.29) is 24.3 Å². The van der Waals surface area contributed by atoms with Crippen LogP contribution in [0.3, 0.4) is 0 Å². The van der Waals surface area contributed by atoms with Crippen molar-refractivity contribution in [2.75, 3.05) is 5.32 Å². The Labute approximate surface area is 176 Å². The van der Waals surface area contributed by atoms with Crippen LogP contribution < -0.4 is 15.4 Å².